The van der Waals surface area contributed by atoms with Crippen molar-refractivity contribution in [2.45, 2.75) is 31.2 Å². The summed E-state index contributed by atoms with van der Waals surface area (Å²) in [5.41, 5.74) is 0.263. The summed E-state index contributed by atoms with van der Waals surface area (Å²) in [5, 5.41) is 11.9. The minimum Gasteiger partial charge on any atom is -0.480 e. The molecule has 0 spiro atoms. The van der Waals surface area contributed by atoms with Crippen LogP contribution in [0.4, 0.5) is 0 Å². The van der Waals surface area contributed by atoms with Crippen molar-refractivity contribution in [1.82, 2.24) is 5.32 Å². The maximum Gasteiger partial charge on any atom is 0.325 e. The molecule has 2 N–H and O–H groups in total. The highest BCUT2D eigenvalue weighted by Crippen LogP contribution is 2.48. The molecule has 0 aliphatic heterocycles. The molecule has 0 aromatic heterocycles. The average molecular weight is 268 g/mol. The van der Waals surface area contributed by atoms with E-state index in [0.29, 0.717) is 5.02 Å². The first-order chi connectivity index (χ1) is 8.45. The second-order valence-corrected chi connectivity index (χ2v) is 5.06. The van der Waals surface area contributed by atoms with Crippen LogP contribution < -0.4 is 5.32 Å². The van der Waals surface area contributed by atoms with E-state index < -0.39 is 17.4 Å². The minimum absolute atomic E-state index is 0.236. The van der Waals surface area contributed by atoms with Gasteiger partial charge in [0.2, 0.25) is 5.91 Å². The Bertz CT molecular complexity index is 497. The van der Waals surface area contributed by atoms with Crippen LogP contribution in [-0.2, 0) is 15.0 Å². The Morgan fingerprint density at radius 2 is 2.11 bits per heavy atom. The van der Waals surface area contributed by atoms with Crippen molar-refractivity contribution in [2.75, 3.05) is 0 Å². The summed E-state index contributed by atoms with van der Waals surface area (Å²) >= 11 is 5.91. The van der Waals surface area contributed by atoms with Gasteiger partial charge in [0, 0.05) is 5.02 Å². The molecule has 0 bridgehead atoms. The SMILES string of the molecule is CC(NC(=O)C1(c2cccc(Cl)c2)CC1)C(=O)O. The van der Waals surface area contributed by atoms with E-state index in [2.05, 4.69) is 5.32 Å². The molecule has 96 valence electrons. The molecule has 5 heteroatoms. The van der Waals surface area contributed by atoms with Crippen molar-refractivity contribution >= 4 is 23.5 Å². The van der Waals surface area contributed by atoms with Crippen molar-refractivity contribution in [3.05, 3.63) is 34.9 Å². The average Bonchev–Trinajstić information content (AvgIpc) is 3.09. The Labute approximate surface area is 110 Å². The predicted octanol–water partition coefficient (Wildman–Crippen LogP) is 1.96. The van der Waals surface area contributed by atoms with Crippen LogP contribution in [0.5, 0.6) is 0 Å². The topological polar surface area (TPSA) is 66.4 Å². The third kappa shape index (κ3) is 2.34. The molecule has 1 fully saturated rings. The van der Waals surface area contributed by atoms with Gasteiger partial charge in [-0.25, -0.2) is 0 Å². The van der Waals surface area contributed by atoms with E-state index in [1.54, 1.807) is 18.2 Å². The van der Waals surface area contributed by atoms with Gasteiger partial charge in [0.1, 0.15) is 6.04 Å². The zero-order chi connectivity index (χ0) is 13.3. The molecule has 4 nitrogen and oxygen atoms in total. The number of aliphatic carboxylic acids is 1. The highest BCUT2D eigenvalue weighted by atomic mass is 35.5. The number of nitrogens with one attached hydrogen (secondary N) is 1. The highest BCUT2D eigenvalue weighted by molar-refractivity contribution is 6.30. The predicted molar refractivity (Wildman–Crippen MR) is 67.6 cm³/mol. The number of benzene rings is 1. The van der Waals surface area contributed by atoms with Crippen molar-refractivity contribution in [2.24, 2.45) is 0 Å². The molecule has 1 unspecified atom stereocenters. The number of hydrogen-bond donors (Lipinski definition) is 2. The fraction of sp³-hybridized carbons (Fsp3) is 0.385. The minimum atomic E-state index is -1.04. The van der Waals surface area contributed by atoms with Crippen LogP contribution in [0.1, 0.15) is 25.3 Å². The summed E-state index contributed by atoms with van der Waals surface area (Å²) < 4.78 is 0. The number of carbonyl (C=O) groups excluding carboxylic acids is 1. The smallest absolute Gasteiger partial charge is 0.325 e. The lowest BCUT2D eigenvalue weighted by Crippen LogP contribution is -2.43. The van der Waals surface area contributed by atoms with Gasteiger partial charge in [0.05, 0.1) is 5.41 Å². The van der Waals surface area contributed by atoms with Gasteiger partial charge in [-0.15, -0.1) is 0 Å². The van der Waals surface area contributed by atoms with E-state index >= 15 is 0 Å². The Morgan fingerprint density at radius 1 is 1.44 bits per heavy atom. The number of rotatable bonds is 4. The standard InChI is InChI=1S/C13H14ClNO3/c1-8(11(16)17)15-12(18)13(5-6-13)9-3-2-4-10(14)7-9/h2-4,7-8H,5-6H2,1H3,(H,15,18)(H,16,17). The van der Waals surface area contributed by atoms with Crippen molar-refractivity contribution in [3.63, 3.8) is 0 Å². The second-order valence-electron chi connectivity index (χ2n) is 4.63. The number of carboxylic acid groups (broad SMARTS) is 1. The first-order valence-corrected chi connectivity index (χ1v) is 6.13. The van der Waals surface area contributed by atoms with E-state index in [0.717, 1.165) is 18.4 Å². The molecular weight excluding hydrogens is 254 g/mol. The molecule has 1 aliphatic rings. The third-order valence-electron chi connectivity index (χ3n) is 3.28. The van der Waals surface area contributed by atoms with Crippen LogP contribution in [0, 0.1) is 0 Å². The van der Waals surface area contributed by atoms with Crippen molar-refractivity contribution in [3.8, 4) is 0 Å². The van der Waals surface area contributed by atoms with E-state index in [9.17, 15) is 9.59 Å². The van der Waals surface area contributed by atoms with Crippen LogP contribution in [0.3, 0.4) is 0 Å². The first kappa shape index (κ1) is 12.9. The number of carboxylic acids is 1. The van der Waals surface area contributed by atoms with Gasteiger partial charge in [-0.3, -0.25) is 9.59 Å². The fourth-order valence-electron chi connectivity index (χ4n) is 1.95. The molecule has 0 saturated heterocycles. The highest BCUT2D eigenvalue weighted by Gasteiger charge is 2.51. The van der Waals surface area contributed by atoms with Crippen LogP contribution in [-0.4, -0.2) is 23.0 Å². The van der Waals surface area contributed by atoms with Crippen LogP contribution in [0.15, 0.2) is 24.3 Å². The quantitative estimate of drug-likeness (QED) is 0.876. The summed E-state index contributed by atoms with van der Waals surface area (Å²) in [6.07, 6.45) is 1.46. The zero-order valence-electron chi connectivity index (χ0n) is 9.94. The summed E-state index contributed by atoms with van der Waals surface area (Å²) in [6.45, 7) is 1.45. The first-order valence-electron chi connectivity index (χ1n) is 5.75. The lowest BCUT2D eigenvalue weighted by molar-refractivity contribution is -0.141. The van der Waals surface area contributed by atoms with Gasteiger partial charge in [-0.1, -0.05) is 23.7 Å². The Morgan fingerprint density at radius 3 is 2.61 bits per heavy atom. The van der Waals surface area contributed by atoms with E-state index in [-0.39, 0.29) is 5.91 Å². The fourth-order valence-corrected chi connectivity index (χ4v) is 2.14. The summed E-state index contributed by atoms with van der Waals surface area (Å²) in [6, 6.07) is 6.28. The molecular formula is C13H14ClNO3. The summed E-state index contributed by atoms with van der Waals surface area (Å²) in [7, 11) is 0. The number of hydrogen-bond acceptors (Lipinski definition) is 2. The van der Waals surface area contributed by atoms with Crippen LogP contribution in [0.25, 0.3) is 0 Å². The normalized spacial score (nSPS) is 17.9. The van der Waals surface area contributed by atoms with E-state index in [4.69, 9.17) is 16.7 Å². The second kappa shape index (κ2) is 4.61. The van der Waals surface area contributed by atoms with Crippen molar-refractivity contribution < 1.29 is 14.7 Å². The maximum atomic E-state index is 12.1. The Balaban J connectivity index is 2.17. The van der Waals surface area contributed by atoms with E-state index in [1.807, 2.05) is 6.07 Å². The summed E-state index contributed by atoms with van der Waals surface area (Å²) in [5.74, 6) is -1.27. The summed E-state index contributed by atoms with van der Waals surface area (Å²) in [4.78, 5) is 22.9. The molecule has 1 atom stereocenters. The molecule has 1 amide bonds. The molecule has 1 saturated carbocycles. The van der Waals surface area contributed by atoms with Gasteiger partial charge in [0.25, 0.3) is 0 Å². The molecule has 0 heterocycles. The lowest BCUT2D eigenvalue weighted by Gasteiger charge is -2.18. The van der Waals surface area contributed by atoms with Gasteiger partial charge >= 0.3 is 5.97 Å². The van der Waals surface area contributed by atoms with Gasteiger partial charge in [0.15, 0.2) is 0 Å². The molecule has 0 radical (unpaired) electrons. The number of halogens is 1. The monoisotopic (exact) mass is 267 g/mol. The molecule has 1 aromatic carbocycles. The number of amides is 1. The zero-order valence-corrected chi connectivity index (χ0v) is 10.7. The third-order valence-corrected chi connectivity index (χ3v) is 3.51. The largest absolute Gasteiger partial charge is 0.480 e. The molecule has 1 aromatic rings. The van der Waals surface area contributed by atoms with Gasteiger partial charge in [-0.2, -0.15) is 0 Å². The van der Waals surface area contributed by atoms with Crippen molar-refractivity contribution in [1.29, 1.82) is 0 Å². The molecule has 1 aliphatic carbocycles. The Kier molecular flexibility index (Phi) is 3.30. The van der Waals surface area contributed by atoms with Crippen LogP contribution >= 0.6 is 11.6 Å². The maximum absolute atomic E-state index is 12.1. The molecule has 2 rings (SSSR count). The van der Waals surface area contributed by atoms with Crippen LogP contribution in [0.2, 0.25) is 5.02 Å². The van der Waals surface area contributed by atoms with Gasteiger partial charge < -0.3 is 10.4 Å². The Hall–Kier alpha value is -1.55. The van der Waals surface area contributed by atoms with Gasteiger partial charge in [-0.05, 0) is 37.5 Å². The number of carbonyl (C=O) groups is 2. The molecule has 18 heavy (non-hydrogen) atoms. The lowest BCUT2D eigenvalue weighted by atomic mass is 9.95. The van der Waals surface area contributed by atoms with E-state index in [1.165, 1.54) is 6.92 Å².